The molecule has 1 aromatic heterocycles. The van der Waals surface area contributed by atoms with Crippen LogP contribution in [0, 0.1) is 17.5 Å². The van der Waals surface area contributed by atoms with E-state index in [-0.39, 0.29) is 42.3 Å². The Kier molecular flexibility index (Phi) is 6.83. The van der Waals surface area contributed by atoms with Gasteiger partial charge in [0.25, 0.3) is 5.92 Å². The van der Waals surface area contributed by atoms with Crippen LogP contribution in [0.5, 0.6) is 0 Å². The average Bonchev–Trinajstić information content (AvgIpc) is 3.19. The number of hydrogen-bond acceptors (Lipinski definition) is 7. The van der Waals surface area contributed by atoms with E-state index in [2.05, 4.69) is 15.3 Å². The topological polar surface area (TPSA) is 113 Å². The number of nitrogens with zero attached hydrogens (tertiary/aromatic N) is 2. The van der Waals surface area contributed by atoms with E-state index in [1.165, 1.54) is 0 Å². The predicted molar refractivity (Wildman–Crippen MR) is 120 cm³/mol. The highest BCUT2D eigenvalue weighted by atomic mass is 32.2. The van der Waals surface area contributed by atoms with Crippen LogP contribution in [0.15, 0.2) is 17.3 Å². The third-order valence-electron chi connectivity index (χ3n) is 5.45. The van der Waals surface area contributed by atoms with Crippen molar-refractivity contribution in [2.24, 2.45) is 0 Å². The quantitative estimate of drug-likeness (QED) is 0.344. The number of fused-ring (bicyclic) bond motifs is 1. The molecule has 3 N–H and O–H groups in total. The van der Waals surface area contributed by atoms with E-state index < -0.39 is 62.6 Å². The summed E-state index contributed by atoms with van der Waals surface area (Å²) >= 11 is 1.16. The van der Waals surface area contributed by atoms with Crippen molar-refractivity contribution in [1.82, 2.24) is 9.97 Å². The molecule has 190 valence electrons. The van der Waals surface area contributed by atoms with Gasteiger partial charge in [-0.05, 0) is 6.42 Å². The van der Waals surface area contributed by atoms with E-state index in [9.17, 15) is 35.2 Å². The molecule has 2 aliphatic rings. The second-order valence-electron chi connectivity index (χ2n) is 8.22. The zero-order chi connectivity index (χ0) is 25.5. The SMILES string of the molecule is CCCS(=O)(=O)Nc1cc(F)c(F)c(NC(=O)C2CSc3c(NC4CC(F)(F)C4)ncnc32)c1F. The lowest BCUT2D eigenvalue weighted by Gasteiger charge is -2.35. The van der Waals surface area contributed by atoms with E-state index >= 15 is 0 Å². The Morgan fingerprint density at radius 3 is 2.57 bits per heavy atom. The molecule has 2 aromatic rings. The van der Waals surface area contributed by atoms with Crippen molar-refractivity contribution >= 4 is 44.9 Å². The molecule has 1 saturated carbocycles. The number of carbonyl (C=O) groups is 1. The van der Waals surface area contributed by atoms with Gasteiger partial charge in [0.15, 0.2) is 17.5 Å². The maximum Gasteiger partial charge on any atom is 0.252 e. The minimum Gasteiger partial charge on any atom is -0.366 e. The number of aromatic nitrogens is 2. The Balaban J connectivity index is 1.55. The number of anilines is 3. The molecule has 0 spiro atoms. The van der Waals surface area contributed by atoms with Crippen LogP contribution < -0.4 is 15.4 Å². The highest BCUT2D eigenvalue weighted by molar-refractivity contribution is 7.99. The van der Waals surface area contributed by atoms with Gasteiger partial charge in [0, 0.05) is 30.7 Å². The number of sulfonamides is 1. The minimum absolute atomic E-state index is 0.101. The Labute approximate surface area is 201 Å². The van der Waals surface area contributed by atoms with Gasteiger partial charge in [0.05, 0.1) is 27.9 Å². The molecular weight excluding hydrogens is 517 g/mol. The molecule has 8 nitrogen and oxygen atoms in total. The van der Waals surface area contributed by atoms with Crippen LogP contribution in [0.2, 0.25) is 0 Å². The molecule has 15 heteroatoms. The van der Waals surface area contributed by atoms with Crippen LogP contribution in [0.4, 0.5) is 39.1 Å². The number of halogens is 5. The Morgan fingerprint density at radius 1 is 1.20 bits per heavy atom. The molecule has 0 radical (unpaired) electrons. The third kappa shape index (κ3) is 5.29. The zero-order valence-corrected chi connectivity index (χ0v) is 19.8. The Bertz CT molecular complexity index is 1270. The molecule has 1 aromatic carbocycles. The standard InChI is InChI=1S/C20H20F5N5O3S2/c1-2-3-35(32,33)30-12-4-11(21)13(22)16(14(12)23)29-19(31)10-7-34-17-15(10)26-8-27-18(17)28-9-5-20(24,25)6-9/h4,8-10,30H,2-3,5-7H2,1H3,(H,29,31)(H,26,27,28). The van der Waals surface area contributed by atoms with Gasteiger partial charge in [-0.25, -0.2) is 40.3 Å². The Morgan fingerprint density at radius 2 is 1.91 bits per heavy atom. The maximum absolute atomic E-state index is 14.9. The normalized spacial score (nSPS) is 19.1. The summed E-state index contributed by atoms with van der Waals surface area (Å²) in [4.78, 5) is 21.4. The molecule has 1 amide bonds. The third-order valence-corrected chi connectivity index (χ3v) is 8.11. The van der Waals surface area contributed by atoms with Crippen molar-refractivity contribution in [3.05, 3.63) is 35.5 Å². The van der Waals surface area contributed by atoms with E-state index in [0.29, 0.717) is 11.0 Å². The van der Waals surface area contributed by atoms with Crippen LogP contribution in [0.25, 0.3) is 0 Å². The predicted octanol–water partition coefficient (Wildman–Crippen LogP) is 4.08. The first-order chi connectivity index (χ1) is 16.4. The van der Waals surface area contributed by atoms with Crippen LogP contribution in [0.3, 0.4) is 0 Å². The van der Waals surface area contributed by atoms with Crippen LogP contribution in [-0.2, 0) is 14.8 Å². The van der Waals surface area contributed by atoms with Crippen molar-refractivity contribution in [3.8, 4) is 0 Å². The maximum atomic E-state index is 14.9. The first-order valence-corrected chi connectivity index (χ1v) is 13.2. The fourth-order valence-electron chi connectivity index (χ4n) is 3.77. The number of nitrogens with one attached hydrogen (secondary N) is 3. The molecule has 35 heavy (non-hydrogen) atoms. The van der Waals surface area contributed by atoms with Crippen molar-refractivity contribution in [2.45, 2.75) is 49.0 Å². The molecule has 1 aliphatic heterocycles. The average molecular weight is 538 g/mol. The smallest absolute Gasteiger partial charge is 0.252 e. The molecule has 1 fully saturated rings. The van der Waals surface area contributed by atoms with Gasteiger partial charge < -0.3 is 10.6 Å². The highest BCUT2D eigenvalue weighted by Crippen LogP contribution is 2.45. The number of alkyl halides is 2. The number of benzene rings is 1. The van der Waals surface area contributed by atoms with Crippen LogP contribution in [0.1, 0.15) is 37.8 Å². The second kappa shape index (κ2) is 9.41. The van der Waals surface area contributed by atoms with Crippen molar-refractivity contribution < 1.29 is 35.2 Å². The summed E-state index contributed by atoms with van der Waals surface area (Å²) in [6.07, 6.45) is 0.616. The number of amides is 1. The van der Waals surface area contributed by atoms with Gasteiger partial charge in [0.2, 0.25) is 15.9 Å². The largest absolute Gasteiger partial charge is 0.366 e. The van der Waals surface area contributed by atoms with E-state index in [4.69, 9.17) is 0 Å². The molecule has 1 atom stereocenters. The monoisotopic (exact) mass is 537 g/mol. The van der Waals surface area contributed by atoms with Gasteiger partial charge in [0.1, 0.15) is 17.8 Å². The summed E-state index contributed by atoms with van der Waals surface area (Å²) in [5.74, 6) is -9.43. The van der Waals surface area contributed by atoms with E-state index in [1.807, 2.05) is 10.0 Å². The Hall–Kier alpha value is -2.68. The second-order valence-corrected chi connectivity index (χ2v) is 11.1. The van der Waals surface area contributed by atoms with Crippen molar-refractivity contribution in [2.75, 3.05) is 26.9 Å². The lowest BCUT2D eigenvalue weighted by atomic mass is 9.88. The molecule has 1 aliphatic carbocycles. The van der Waals surface area contributed by atoms with Crippen LogP contribution >= 0.6 is 11.8 Å². The number of carbonyl (C=O) groups excluding carboxylic acids is 1. The number of hydrogen-bond donors (Lipinski definition) is 3. The molecule has 1 unspecified atom stereocenters. The molecule has 0 saturated heterocycles. The summed E-state index contributed by atoms with van der Waals surface area (Å²) in [6.45, 7) is 1.57. The van der Waals surface area contributed by atoms with E-state index in [0.717, 1.165) is 18.1 Å². The van der Waals surface area contributed by atoms with Gasteiger partial charge in [-0.3, -0.25) is 9.52 Å². The molecular formula is C20H20F5N5O3S2. The van der Waals surface area contributed by atoms with Crippen molar-refractivity contribution in [3.63, 3.8) is 0 Å². The van der Waals surface area contributed by atoms with Gasteiger partial charge in [-0.15, -0.1) is 11.8 Å². The first kappa shape index (κ1) is 25.4. The summed E-state index contributed by atoms with van der Waals surface area (Å²) < 4.78 is 95.4. The van der Waals surface area contributed by atoms with Gasteiger partial charge in [-0.1, -0.05) is 6.92 Å². The fourth-order valence-corrected chi connectivity index (χ4v) is 6.13. The summed E-state index contributed by atoms with van der Waals surface area (Å²) in [5.41, 5.74) is -1.77. The first-order valence-electron chi connectivity index (χ1n) is 10.5. The fraction of sp³-hybridized carbons (Fsp3) is 0.450. The lowest BCUT2D eigenvalue weighted by molar-refractivity contribution is -0.117. The molecule has 2 heterocycles. The number of thioether (sulfide) groups is 1. The van der Waals surface area contributed by atoms with Gasteiger partial charge in [-0.2, -0.15) is 0 Å². The van der Waals surface area contributed by atoms with Gasteiger partial charge >= 0.3 is 0 Å². The van der Waals surface area contributed by atoms with E-state index in [1.54, 1.807) is 6.92 Å². The summed E-state index contributed by atoms with van der Waals surface area (Å²) in [7, 11) is -4.02. The summed E-state index contributed by atoms with van der Waals surface area (Å²) in [5, 5.41) is 4.89. The minimum atomic E-state index is -4.02. The van der Waals surface area contributed by atoms with Crippen LogP contribution in [-0.4, -0.2) is 47.8 Å². The molecule has 0 bridgehead atoms. The number of rotatable bonds is 8. The highest BCUT2D eigenvalue weighted by Gasteiger charge is 2.46. The van der Waals surface area contributed by atoms with Crippen molar-refractivity contribution in [1.29, 1.82) is 0 Å². The summed E-state index contributed by atoms with van der Waals surface area (Å²) in [6, 6.07) is -0.147. The zero-order valence-electron chi connectivity index (χ0n) is 18.2. The lowest BCUT2D eigenvalue weighted by Crippen LogP contribution is -2.44. The molecule has 4 rings (SSSR count).